The van der Waals surface area contributed by atoms with Gasteiger partial charge in [0.05, 0.1) is 6.42 Å². The van der Waals surface area contributed by atoms with Gasteiger partial charge in [-0.1, -0.05) is 12.1 Å². The lowest BCUT2D eigenvalue weighted by Gasteiger charge is -2.17. The van der Waals surface area contributed by atoms with Crippen molar-refractivity contribution in [2.24, 2.45) is 5.92 Å². The summed E-state index contributed by atoms with van der Waals surface area (Å²) in [4.78, 5) is 11.9. The molecule has 2 rings (SSSR count). The van der Waals surface area contributed by atoms with Gasteiger partial charge >= 0.3 is 0 Å². The Morgan fingerprint density at radius 1 is 1.44 bits per heavy atom. The number of rotatable bonds is 6. The van der Waals surface area contributed by atoms with Crippen molar-refractivity contribution >= 4 is 5.91 Å². The van der Waals surface area contributed by atoms with Crippen molar-refractivity contribution in [2.45, 2.75) is 31.7 Å². The second kappa shape index (κ2) is 5.87. The Balaban J connectivity index is 1.87. The zero-order chi connectivity index (χ0) is 13.0. The molecule has 1 aliphatic rings. The lowest BCUT2D eigenvalue weighted by atomic mass is 10.1. The summed E-state index contributed by atoms with van der Waals surface area (Å²) < 4.78 is 0. The minimum Gasteiger partial charge on any atom is -0.508 e. The van der Waals surface area contributed by atoms with Crippen LogP contribution in [0.15, 0.2) is 24.3 Å². The van der Waals surface area contributed by atoms with Crippen LogP contribution in [0.5, 0.6) is 5.75 Å². The molecule has 1 atom stereocenters. The first-order valence-electron chi connectivity index (χ1n) is 6.37. The van der Waals surface area contributed by atoms with Crippen LogP contribution in [-0.4, -0.2) is 28.8 Å². The van der Waals surface area contributed by atoms with Gasteiger partial charge in [-0.3, -0.25) is 4.79 Å². The van der Waals surface area contributed by atoms with Crippen LogP contribution >= 0.6 is 0 Å². The molecule has 18 heavy (non-hydrogen) atoms. The van der Waals surface area contributed by atoms with Gasteiger partial charge in [0.15, 0.2) is 0 Å². The van der Waals surface area contributed by atoms with Crippen LogP contribution in [0.25, 0.3) is 0 Å². The number of phenols is 1. The second-order valence-electron chi connectivity index (χ2n) is 4.87. The second-order valence-corrected chi connectivity index (χ2v) is 4.87. The maximum atomic E-state index is 11.9. The first-order chi connectivity index (χ1) is 8.69. The van der Waals surface area contributed by atoms with E-state index in [0.29, 0.717) is 12.3 Å². The molecule has 4 nitrogen and oxygen atoms in total. The van der Waals surface area contributed by atoms with Gasteiger partial charge in [0.2, 0.25) is 5.91 Å². The maximum Gasteiger partial charge on any atom is 0.224 e. The minimum atomic E-state index is -0.0500. The summed E-state index contributed by atoms with van der Waals surface area (Å²) in [5, 5.41) is 21.3. The standard InChI is InChI=1S/C14H19NO3/c16-7-6-13(11-4-5-11)15-14(18)9-10-2-1-3-12(17)8-10/h1-3,8,11,13,16-17H,4-7,9H2,(H,15,18)/t13-/m1/s1. The normalized spacial score (nSPS) is 16.3. The minimum absolute atomic E-state index is 0.0500. The fraction of sp³-hybridized carbons (Fsp3) is 0.500. The highest BCUT2D eigenvalue weighted by Gasteiger charge is 2.31. The van der Waals surface area contributed by atoms with E-state index in [9.17, 15) is 9.90 Å². The number of amides is 1. The highest BCUT2D eigenvalue weighted by molar-refractivity contribution is 5.79. The molecule has 0 aliphatic heterocycles. The van der Waals surface area contributed by atoms with E-state index < -0.39 is 0 Å². The average Bonchev–Trinajstić information content (AvgIpc) is 3.12. The molecule has 0 heterocycles. The predicted molar refractivity (Wildman–Crippen MR) is 68.2 cm³/mol. The lowest BCUT2D eigenvalue weighted by Crippen LogP contribution is -2.38. The number of nitrogens with one attached hydrogen (secondary N) is 1. The third-order valence-corrected chi connectivity index (χ3v) is 3.25. The van der Waals surface area contributed by atoms with Crippen LogP contribution in [0.1, 0.15) is 24.8 Å². The molecule has 0 radical (unpaired) electrons. The van der Waals surface area contributed by atoms with E-state index in [-0.39, 0.29) is 30.7 Å². The highest BCUT2D eigenvalue weighted by atomic mass is 16.3. The molecule has 1 aromatic rings. The number of aliphatic hydroxyl groups excluding tert-OH is 1. The van der Waals surface area contributed by atoms with Crippen LogP contribution in [0.3, 0.4) is 0 Å². The number of phenolic OH excluding ortho intramolecular Hbond substituents is 1. The van der Waals surface area contributed by atoms with E-state index >= 15 is 0 Å². The van der Waals surface area contributed by atoms with Gasteiger partial charge < -0.3 is 15.5 Å². The Hall–Kier alpha value is -1.55. The molecule has 0 spiro atoms. The Kier molecular flexibility index (Phi) is 4.20. The average molecular weight is 249 g/mol. The lowest BCUT2D eigenvalue weighted by molar-refractivity contribution is -0.121. The largest absolute Gasteiger partial charge is 0.508 e. The smallest absolute Gasteiger partial charge is 0.224 e. The van der Waals surface area contributed by atoms with Gasteiger partial charge in [-0.25, -0.2) is 0 Å². The topological polar surface area (TPSA) is 69.6 Å². The van der Waals surface area contributed by atoms with Crippen molar-refractivity contribution in [1.82, 2.24) is 5.32 Å². The molecule has 4 heteroatoms. The van der Waals surface area contributed by atoms with E-state index in [1.165, 1.54) is 0 Å². The van der Waals surface area contributed by atoms with Crippen LogP contribution in [-0.2, 0) is 11.2 Å². The van der Waals surface area contributed by atoms with Crippen molar-refractivity contribution in [3.8, 4) is 5.75 Å². The van der Waals surface area contributed by atoms with Crippen LogP contribution < -0.4 is 5.32 Å². The Morgan fingerprint density at radius 3 is 2.83 bits per heavy atom. The molecule has 0 unspecified atom stereocenters. The highest BCUT2D eigenvalue weighted by Crippen LogP contribution is 2.33. The predicted octanol–water partition coefficient (Wildman–Crippen LogP) is 1.21. The summed E-state index contributed by atoms with van der Waals surface area (Å²) in [7, 11) is 0. The number of hydrogen-bond acceptors (Lipinski definition) is 3. The molecule has 0 saturated heterocycles. The number of benzene rings is 1. The van der Waals surface area contributed by atoms with Crippen LogP contribution in [0, 0.1) is 5.92 Å². The Labute approximate surface area is 107 Å². The van der Waals surface area contributed by atoms with Crippen molar-refractivity contribution in [2.75, 3.05) is 6.61 Å². The third kappa shape index (κ3) is 3.74. The van der Waals surface area contributed by atoms with Crippen molar-refractivity contribution < 1.29 is 15.0 Å². The van der Waals surface area contributed by atoms with E-state index in [2.05, 4.69) is 5.32 Å². The molecule has 0 aromatic heterocycles. The molecule has 98 valence electrons. The van der Waals surface area contributed by atoms with Gasteiger partial charge in [-0.2, -0.15) is 0 Å². The van der Waals surface area contributed by atoms with Gasteiger partial charge in [0.25, 0.3) is 0 Å². The Bertz CT molecular complexity index is 415. The zero-order valence-corrected chi connectivity index (χ0v) is 10.3. The van der Waals surface area contributed by atoms with Gasteiger partial charge in [-0.15, -0.1) is 0 Å². The van der Waals surface area contributed by atoms with Crippen molar-refractivity contribution in [3.63, 3.8) is 0 Å². The SMILES string of the molecule is O=C(Cc1cccc(O)c1)N[C@H](CCO)C1CC1. The molecule has 1 amide bonds. The third-order valence-electron chi connectivity index (χ3n) is 3.25. The molecule has 0 bridgehead atoms. The van der Waals surface area contributed by atoms with Crippen LogP contribution in [0.4, 0.5) is 0 Å². The molecule has 3 N–H and O–H groups in total. The monoisotopic (exact) mass is 249 g/mol. The van der Waals surface area contributed by atoms with Crippen molar-refractivity contribution in [3.05, 3.63) is 29.8 Å². The molecule has 1 aliphatic carbocycles. The molecular formula is C14H19NO3. The summed E-state index contributed by atoms with van der Waals surface area (Å²) in [6.07, 6.45) is 3.16. The van der Waals surface area contributed by atoms with Gasteiger partial charge in [-0.05, 0) is 42.9 Å². The summed E-state index contributed by atoms with van der Waals surface area (Å²) in [6, 6.07) is 6.82. The summed E-state index contributed by atoms with van der Waals surface area (Å²) in [6.45, 7) is 0.105. The van der Waals surface area contributed by atoms with E-state index in [0.717, 1.165) is 18.4 Å². The number of carbonyl (C=O) groups is 1. The van der Waals surface area contributed by atoms with Crippen LogP contribution in [0.2, 0.25) is 0 Å². The van der Waals surface area contributed by atoms with E-state index in [1.54, 1.807) is 18.2 Å². The Morgan fingerprint density at radius 2 is 2.22 bits per heavy atom. The van der Waals surface area contributed by atoms with Crippen molar-refractivity contribution in [1.29, 1.82) is 0 Å². The number of aromatic hydroxyl groups is 1. The number of carbonyl (C=O) groups excluding carboxylic acids is 1. The fourth-order valence-corrected chi connectivity index (χ4v) is 2.17. The zero-order valence-electron chi connectivity index (χ0n) is 10.3. The quantitative estimate of drug-likeness (QED) is 0.710. The number of aliphatic hydroxyl groups is 1. The molecule has 1 saturated carbocycles. The van der Waals surface area contributed by atoms with E-state index in [1.807, 2.05) is 6.07 Å². The maximum absolute atomic E-state index is 11.9. The molecule has 1 aromatic carbocycles. The molecule has 1 fully saturated rings. The summed E-state index contributed by atoms with van der Waals surface area (Å²) >= 11 is 0. The summed E-state index contributed by atoms with van der Waals surface area (Å²) in [5.74, 6) is 0.658. The summed E-state index contributed by atoms with van der Waals surface area (Å²) in [5.41, 5.74) is 0.797. The first kappa shape index (κ1) is 12.9. The number of hydrogen-bond donors (Lipinski definition) is 3. The first-order valence-corrected chi connectivity index (χ1v) is 6.37. The van der Waals surface area contributed by atoms with Gasteiger partial charge in [0, 0.05) is 12.6 Å². The van der Waals surface area contributed by atoms with Gasteiger partial charge in [0.1, 0.15) is 5.75 Å². The van der Waals surface area contributed by atoms with E-state index in [4.69, 9.17) is 5.11 Å². The fourth-order valence-electron chi connectivity index (χ4n) is 2.17. The molecular weight excluding hydrogens is 230 g/mol.